The molecule has 0 N–H and O–H groups in total. The average molecular weight is 505 g/mol. The highest BCUT2D eigenvalue weighted by Crippen LogP contribution is 2.41. The zero-order valence-electron chi connectivity index (χ0n) is 19.0. The maximum atomic E-state index is 3.77. The van der Waals surface area contributed by atoms with Crippen molar-refractivity contribution in [3.63, 3.8) is 0 Å². The Morgan fingerprint density at radius 2 is 0.824 bits per heavy atom. The Labute approximate surface area is 209 Å². The molecule has 0 radical (unpaired) electrons. The van der Waals surface area contributed by atoms with Gasteiger partial charge in [-0.1, -0.05) is 66.7 Å². The summed E-state index contributed by atoms with van der Waals surface area (Å²) in [5, 5.41) is 0. The van der Waals surface area contributed by atoms with E-state index in [4.69, 9.17) is 0 Å². The summed E-state index contributed by atoms with van der Waals surface area (Å²) < 4.78 is 1.05. The van der Waals surface area contributed by atoms with Crippen molar-refractivity contribution in [3.8, 4) is 0 Å². The highest BCUT2D eigenvalue weighted by Gasteiger charge is 2.18. The first-order valence-corrected chi connectivity index (χ1v) is 12.1. The van der Waals surface area contributed by atoms with Gasteiger partial charge in [-0.15, -0.1) is 0 Å². The Morgan fingerprint density at radius 1 is 0.412 bits per heavy atom. The Morgan fingerprint density at radius 3 is 1.35 bits per heavy atom. The molecule has 2 nitrogen and oxygen atoms in total. The van der Waals surface area contributed by atoms with E-state index in [0.717, 1.165) is 38.6 Å². The summed E-state index contributed by atoms with van der Waals surface area (Å²) in [5.74, 6) is 0. The predicted octanol–water partition coefficient (Wildman–Crippen LogP) is 9.70. The topological polar surface area (TPSA) is 6.48 Å². The zero-order chi connectivity index (χ0) is 23.3. The van der Waals surface area contributed by atoms with E-state index < -0.39 is 0 Å². The van der Waals surface area contributed by atoms with Crippen molar-refractivity contribution in [2.75, 3.05) is 9.80 Å². The van der Waals surface area contributed by atoms with Gasteiger partial charge in [0.1, 0.15) is 0 Å². The molecular weight excluding hydrogens is 480 g/mol. The molecule has 0 heterocycles. The summed E-state index contributed by atoms with van der Waals surface area (Å²) in [6.45, 7) is 2.15. The molecule has 0 bridgehead atoms. The standard InChI is InChI=1S/C31H25BrN2/c1-24-12-8-10-18-30(24)34(31-19-11-9-17-29(31)32)28-22-20-27(21-23-28)33(25-13-4-2-5-14-25)26-15-6-3-7-16-26/h2-23H,1H3. The van der Waals surface area contributed by atoms with Gasteiger partial charge >= 0.3 is 0 Å². The van der Waals surface area contributed by atoms with Crippen molar-refractivity contribution >= 4 is 50.1 Å². The quantitative estimate of drug-likeness (QED) is 0.227. The van der Waals surface area contributed by atoms with Crippen LogP contribution in [0.3, 0.4) is 0 Å². The average Bonchev–Trinajstić information content (AvgIpc) is 2.89. The van der Waals surface area contributed by atoms with Gasteiger partial charge in [-0.05, 0) is 95.1 Å². The van der Waals surface area contributed by atoms with Gasteiger partial charge in [0, 0.05) is 32.9 Å². The monoisotopic (exact) mass is 504 g/mol. The fraction of sp³-hybridized carbons (Fsp3) is 0.0323. The molecule has 5 rings (SSSR count). The minimum Gasteiger partial charge on any atom is -0.311 e. The molecule has 0 aliphatic carbocycles. The summed E-state index contributed by atoms with van der Waals surface area (Å²) in [5.41, 5.74) is 7.95. The SMILES string of the molecule is Cc1ccccc1N(c1ccc(N(c2ccccc2)c2ccccc2)cc1)c1ccccc1Br. The number of aryl methyl sites for hydroxylation is 1. The summed E-state index contributed by atoms with van der Waals surface area (Å²) in [6, 6.07) is 46.6. The van der Waals surface area contributed by atoms with Crippen LogP contribution >= 0.6 is 15.9 Å². The van der Waals surface area contributed by atoms with Crippen LogP contribution in [-0.2, 0) is 0 Å². The van der Waals surface area contributed by atoms with E-state index in [1.165, 1.54) is 5.56 Å². The third-order valence-corrected chi connectivity index (χ3v) is 6.52. The van der Waals surface area contributed by atoms with E-state index in [1.54, 1.807) is 0 Å². The number of anilines is 6. The lowest BCUT2D eigenvalue weighted by Gasteiger charge is -2.29. The molecule has 34 heavy (non-hydrogen) atoms. The van der Waals surface area contributed by atoms with Crippen LogP contribution in [-0.4, -0.2) is 0 Å². The second-order valence-electron chi connectivity index (χ2n) is 8.10. The lowest BCUT2D eigenvalue weighted by Crippen LogP contribution is -2.13. The normalized spacial score (nSPS) is 10.6. The lowest BCUT2D eigenvalue weighted by atomic mass is 10.1. The van der Waals surface area contributed by atoms with Crippen LogP contribution in [0.4, 0.5) is 34.1 Å². The van der Waals surface area contributed by atoms with E-state index in [-0.39, 0.29) is 0 Å². The third kappa shape index (κ3) is 4.48. The maximum absolute atomic E-state index is 3.77. The van der Waals surface area contributed by atoms with Crippen molar-refractivity contribution in [2.45, 2.75) is 6.92 Å². The predicted molar refractivity (Wildman–Crippen MR) is 148 cm³/mol. The maximum Gasteiger partial charge on any atom is 0.0603 e. The van der Waals surface area contributed by atoms with Crippen LogP contribution in [0.5, 0.6) is 0 Å². The molecule has 0 spiro atoms. The number of hydrogen-bond donors (Lipinski definition) is 0. The second kappa shape index (κ2) is 9.98. The van der Waals surface area contributed by atoms with Crippen molar-refractivity contribution in [1.29, 1.82) is 0 Å². The lowest BCUT2D eigenvalue weighted by molar-refractivity contribution is 1.23. The molecule has 0 saturated carbocycles. The van der Waals surface area contributed by atoms with Crippen molar-refractivity contribution in [1.82, 2.24) is 0 Å². The van der Waals surface area contributed by atoms with Crippen molar-refractivity contribution < 1.29 is 0 Å². The van der Waals surface area contributed by atoms with Crippen molar-refractivity contribution in [3.05, 3.63) is 143 Å². The van der Waals surface area contributed by atoms with Gasteiger partial charge in [0.05, 0.1) is 5.69 Å². The smallest absolute Gasteiger partial charge is 0.0603 e. The van der Waals surface area contributed by atoms with Crippen LogP contribution < -0.4 is 9.80 Å². The Hall–Kier alpha value is -3.82. The summed E-state index contributed by atoms with van der Waals surface area (Å²) >= 11 is 3.77. The summed E-state index contributed by atoms with van der Waals surface area (Å²) in [6.07, 6.45) is 0. The number of nitrogens with zero attached hydrogens (tertiary/aromatic N) is 2. The van der Waals surface area contributed by atoms with Gasteiger partial charge in [0.25, 0.3) is 0 Å². The molecule has 0 amide bonds. The Balaban J connectivity index is 1.61. The third-order valence-electron chi connectivity index (χ3n) is 5.84. The molecule has 0 atom stereocenters. The van der Waals surface area contributed by atoms with Crippen molar-refractivity contribution in [2.24, 2.45) is 0 Å². The van der Waals surface area contributed by atoms with Gasteiger partial charge in [-0.3, -0.25) is 0 Å². The Kier molecular flexibility index (Phi) is 6.46. The fourth-order valence-corrected chi connectivity index (χ4v) is 4.67. The molecule has 5 aromatic rings. The van der Waals surface area contributed by atoms with Gasteiger partial charge in [0.2, 0.25) is 0 Å². The molecule has 0 saturated heterocycles. The van der Waals surface area contributed by atoms with E-state index in [2.05, 4.69) is 148 Å². The highest BCUT2D eigenvalue weighted by atomic mass is 79.9. The minimum atomic E-state index is 1.05. The molecule has 0 aliphatic rings. The summed E-state index contributed by atoms with van der Waals surface area (Å²) in [4.78, 5) is 4.58. The second-order valence-corrected chi connectivity index (χ2v) is 8.95. The van der Waals surface area contributed by atoms with Crippen LogP contribution in [0, 0.1) is 6.92 Å². The number of rotatable bonds is 6. The highest BCUT2D eigenvalue weighted by molar-refractivity contribution is 9.10. The number of benzene rings is 5. The van der Waals surface area contributed by atoms with Crippen LogP contribution in [0.1, 0.15) is 5.56 Å². The molecule has 166 valence electrons. The number of hydrogen-bond acceptors (Lipinski definition) is 2. The van der Waals surface area contributed by atoms with Crippen LogP contribution in [0.25, 0.3) is 0 Å². The number of para-hydroxylation sites is 4. The first kappa shape index (κ1) is 22.0. The fourth-order valence-electron chi connectivity index (χ4n) is 4.21. The minimum absolute atomic E-state index is 1.05. The number of halogens is 1. The molecule has 5 aromatic carbocycles. The first-order valence-electron chi connectivity index (χ1n) is 11.3. The van der Waals surface area contributed by atoms with E-state index in [9.17, 15) is 0 Å². The summed E-state index contributed by atoms with van der Waals surface area (Å²) in [7, 11) is 0. The van der Waals surface area contributed by atoms with Gasteiger partial charge in [-0.2, -0.15) is 0 Å². The van der Waals surface area contributed by atoms with E-state index in [0.29, 0.717) is 0 Å². The van der Waals surface area contributed by atoms with Gasteiger partial charge in [-0.25, -0.2) is 0 Å². The molecule has 0 unspecified atom stereocenters. The first-order chi connectivity index (χ1) is 16.7. The van der Waals surface area contributed by atoms with Crippen LogP contribution in [0.2, 0.25) is 0 Å². The van der Waals surface area contributed by atoms with E-state index in [1.807, 2.05) is 18.2 Å². The zero-order valence-corrected chi connectivity index (χ0v) is 20.6. The van der Waals surface area contributed by atoms with Crippen LogP contribution in [0.15, 0.2) is 138 Å². The Bertz CT molecular complexity index is 1280. The largest absolute Gasteiger partial charge is 0.311 e. The molecule has 0 aromatic heterocycles. The molecule has 3 heteroatoms. The van der Waals surface area contributed by atoms with E-state index >= 15 is 0 Å². The molecule has 0 fully saturated rings. The van der Waals surface area contributed by atoms with Gasteiger partial charge in [0.15, 0.2) is 0 Å². The molecule has 0 aliphatic heterocycles. The molecular formula is C31H25BrN2. The van der Waals surface area contributed by atoms with Gasteiger partial charge < -0.3 is 9.80 Å².